The molecule has 17 heavy (non-hydrogen) atoms. The van der Waals surface area contributed by atoms with Gasteiger partial charge in [-0.3, -0.25) is 0 Å². The Bertz CT molecular complexity index is 386. The minimum Gasteiger partial charge on any atom is -0.508 e. The highest BCUT2D eigenvalue weighted by atomic mass is 16.3. The fourth-order valence-corrected chi connectivity index (χ4v) is 2.35. The molecule has 0 aliphatic rings. The van der Waals surface area contributed by atoms with E-state index in [0.717, 1.165) is 6.54 Å². The number of benzene rings is 1. The first-order valence-corrected chi connectivity index (χ1v) is 6.03. The molecular formula is C15H23NO. The standard InChI is InChI=1S/C15H23NO/c1-11(2)15(12(3)10-16(4)5)13-6-8-14(17)9-7-13/h6-9,12,17H,10H2,1-5H3. The van der Waals surface area contributed by atoms with Crippen molar-refractivity contribution in [3.8, 4) is 5.75 Å². The Morgan fingerprint density at radius 3 is 2.12 bits per heavy atom. The van der Waals surface area contributed by atoms with E-state index >= 15 is 0 Å². The normalized spacial score (nSPS) is 12.6. The molecule has 0 saturated heterocycles. The summed E-state index contributed by atoms with van der Waals surface area (Å²) in [5.74, 6) is 0.807. The van der Waals surface area contributed by atoms with Crippen molar-refractivity contribution in [3.05, 3.63) is 35.4 Å². The van der Waals surface area contributed by atoms with Crippen LogP contribution in [-0.2, 0) is 0 Å². The minimum absolute atomic E-state index is 0.321. The van der Waals surface area contributed by atoms with Crippen LogP contribution in [-0.4, -0.2) is 30.6 Å². The van der Waals surface area contributed by atoms with Crippen LogP contribution in [0.3, 0.4) is 0 Å². The van der Waals surface area contributed by atoms with Crippen molar-refractivity contribution in [1.29, 1.82) is 0 Å². The maximum atomic E-state index is 9.34. The molecule has 0 spiro atoms. The first kappa shape index (κ1) is 13.8. The van der Waals surface area contributed by atoms with Gasteiger partial charge >= 0.3 is 0 Å². The average molecular weight is 233 g/mol. The lowest BCUT2D eigenvalue weighted by atomic mass is 9.90. The fraction of sp³-hybridized carbons (Fsp3) is 0.467. The molecule has 2 nitrogen and oxygen atoms in total. The van der Waals surface area contributed by atoms with Gasteiger partial charge in [-0.1, -0.05) is 24.6 Å². The molecule has 0 heterocycles. The van der Waals surface area contributed by atoms with Crippen molar-refractivity contribution >= 4 is 5.57 Å². The van der Waals surface area contributed by atoms with E-state index in [1.54, 1.807) is 12.1 Å². The summed E-state index contributed by atoms with van der Waals surface area (Å²) in [6.07, 6.45) is 0. The SMILES string of the molecule is CC(C)=C(c1ccc(O)cc1)C(C)CN(C)C. The Morgan fingerprint density at radius 1 is 1.18 bits per heavy atom. The summed E-state index contributed by atoms with van der Waals surface area (Å²) in [6.45, 7) is 7.57. The molecule has 1 rings (SSSR count). The van der Waals surface area contributed by atoms with Gasteiger partial charge in [0.05, 0.1) is 0 Å². The molecule has 0 fully saturated rings. The van der Waals surface area contributed by atoms with Crippen LogP contribution >= 0.6 is 0 Å². The summed E-state index contributed by atoms with van der Waals surface area (Å²) in [5, 5.41) is 9.34. The number of phenolic OH excluding ortho intramolecular Hbond substituents is 1. The summed E-state index contributed by atoms with van der Waals surface area (Å²) in [5.41, 5.74) is 3.92. The molecule has 0 amide bonds. The maximum absolute atomic E-state index is 9.34. The van der Waals surface area contributed by atoms with Crippen molar-refractivity contribution in [2.75, 3.05) is 20.6 Å². The molecule has 1 atom stereocenters. The number of nitrogens with zero attached hydrogens (tertiary/aromatic N) is 1. The third kappa shape index (κ3) is 3.90. The van der Waals surface area contributed by atoms with Crippen molar-refractivity contribution < 1.29 is 5.11 Å². The van der Waals surface area contributed by atoms with Gasteiger partial charge in [0, 0.05) is 6.54 Å². The van der Waals surface area contributed by atoms with Crippen molar-refractivity contribution in [2.24, 2.45) is 5.92 Å². The van der Waals surface area contributed by atoms with Gasteiger partial charge in [0.25, 0.3) is 0 Å². The van der Waals surface area contributed by atoms with E-state index in [4.69, 9.17) is 0 Å². The minimum atomic E-state index is 0.321. The highest BCUT2D eigenvalue weighted by Crippen LogP contribution is 2.28. The van der Waals surface area contributed by atoms with E-state index in [1.165, 1.54) is 16.7 Å². The summed E-state index contributed by atoms with van der Waals surface area (Å²) < 4.78 is 0. The number of rotatable bonds is 4. The summed E-state index contributed by atoms with van der Waals surface area (Å²) in [6, 6.07) is 7.48. The zero-order valence-electron chi connectivity index (χ0n) is 11.5. The largest absolute Gasteiger partial charge is 0.508 e. The molecule has 1 aromatic carbocycles. The van der Waals surface area contributed by atoms with Gasteiger partial charge in [-0.05, 0) is 57.1 Å². The molecule has 0 saturated carbocycles. The Labute approximate surface area is 105 Å². The average Bonchev–Trinajstić information content (AvgIpc) is 2.19. The Morgan fingerprint density at radius 2 is 1.71 bits per heavy atom. The van der Waals surface area contributed by atoms with Gasteiger partial charge in [-0.2, -0.15) is 0 Å². The van der Waals surface area contributed by atoms with Crippen molar-refractivity contribution in [2.45, 2.75) is 20.8 Å². The smallest absolute Gasteiger partial charge is 0.115 e. The zero-order chi connectivity index (χ0) is 13.0. The predicted molar refractivity (Wildman–Crippen MR) is 74.1 cm³/mol. The number of aromatic hydroxyl groups is 1. The summed E-state index contributed by atoms with van der Waals surface area (Å²) in [4.78, 5) is 2.20. The third-order valence-corrected chi connectivity index (χ3v) is 2.85. The molecule has 1 N–H and O–H groups in total. The quantitative estimate of drug-likeness (QED) is 0.861. The number of hydrogen-bond donors (Lipinski definition) is 1. The fourth-order valence-electron chi connectivity index (χ4n) is 2.35. The molecule has 0 radical (unpaired) electrons. The molecule has 0 bridgehead atoms. The lowest BCUT2D eigenvalue weighted by Gasteiger charge is -2.22. The second-order valence-electron chi connectivity index (χ2n) is 5.12. The maximum Gasteiger partial charge on any atom is 0.115 e. The number of phenols is 1. The second-order valence-corrected chi connectivity index (χ2v) is 5.12. The first-order valence-electron chi connectivity index (χ1n) is 6.03. The van der Waals surface area contributed by atoms with Gasteiger partial charge < -0.3 is 10.0 Å². The molecule has 2 heteroatoms. The Hall–Kier alpha value is -1.28. The zero-order valence-corrected chi connectivity index (χ0v) is 11.5. The van der Waals surface area contributed by atoms with Crippen LogP contribution in [0.2, 0.25) is 0 Å². The molecule has 1 aromatic rings. The van der Waals surface area contributed by atoms with Crippen molar-refractivity contribution in [1.82, 2.24) is 4.90 Å². The number of hydrogen-bond acceptors (Lipinski definition) is 2. The van der Waals surface area contributed by atoms with Crippen LogP contribution in [0.4, 0.5) is 0 Å². The van der Waals surface area contributed by atoms with Gasteiger partial charge in [-0.15, -0.1) is 0 Å². The van der Waals surface area contributed by atoms with Crippen LogP contribution in [0, 0.1) is 5.92 Å². The van der Waals surface area contributed by atoms with E-state index in [2.05, 4.69) is 39.8 Å². The Kier molecular flexibility index (Phi) is 4.76. The monoisotopic (exact) mass is 233 g/mol. The van der Waals surface area contributed by atoms with Crippen molar-refractivity contribution in [3.63, 3.8) is 0 Å². The Balaban J connectivity index is 3.03. The lowest BCUT2D eigenvalue weighted by Crippen LogP contribution is -2.21. The van der Waals surface area contributed by atoms with Crippen LogP contribution < -0.4 is 0 Å². The van der Waals surface area contributed by atoms with E-state index in [0.29, 0.717) is 11.7 Å². The van der Waals surface area contributed by atoms with Crippen LogP contribution in [0.1, 0.15) is 26.3 Å². The number of allylic oxidation sites excluding steroid dienone is 1. The highest BCUT2D eigenvalue weighted by molar-refractivity contribution is 5.70. The topological polar surface area (TPSA) is 23.5 Å². The van der Waals surface area contributed by atoms with E-state index in [1.807, 2.05) is 12.1 Å². The van der Waals surface area contributed by atoms with E-state index in [-0.39, 0.29) is 0 Å². The molecule has 1 unspecified atom stereocenters. The van der Waals surface area contributed by atoms with Crippen LogP contribution in [0.5, 0.6) is 5.75 Å². The third-order valence-electron chi connectivity index (χ3n) is 2.85. The van der Waals surface area contributed by atoms with Gasteiger partial charge in [0.15, 0.2) is 0 Å². The first-order chi connectivity index (χ1) is 7.91. The summed E-state index contributed by atoms with van der Waals surface area (Å²) in [7, 11) is 4.19. The highest BCUT2D eigenvalue weighted by Gasteiger charge is 2.13. The molecule has 0 aliphatic carbocycles. The molecule has 94 valence electrons. The van der Waals surface area contributed by atoms with E-state index < -0.39 is 0 Å². The lowest BCUT2D eigenvalue weighted by molar-refractivity contribution is 0.375. The predicted octanol–water partition coefficient (Wildman–Crippen LogP) is 3.38. The van der Waals surface area contributed by atoms with E-state index in [9.17, 15) is 5.11 Å². The van der Waals surface area contributed by atoms with Gasteiger partial charge in [-0.25, -0.2) is 0 Å². The second kappa shape index (κ2) is 5.87. The van der Waals surface area contributed by atoms with Crippen LogP contribution in [0.15, 0.2) is 29.8 Å². The van der Waals surface area contributed by atoms with Crippen LogP contribution in [0.25, 0.3) is 5.57 Å². The molecule has 0 aliphatic heterocycles. The summed E-state index contributed by atoms with van der Waals surface area (Å²) >= 11 is 0. The molecule has 0 aromatic heterocycles. The molecular weight excluding hydrogens is 210 g/mol. The van der Waals surface area contributed by atoms with Gasteiger partial charge in [0.2, 0.25) is 0 Å². The van der Waals surface area contributed by atoms with Gasteiger partial charge in [0.1, 0.15) is 5.75 Å².